The maximum Gasteiger partial charge on any atom is 0.291 e. The average Bonchev–Trinajstić information content (AvgIpc) is 2.40. The molecule has 1 saturated carbocycles. The Morgan fingerprint density at radius 2 is 2.10 bits per heavy atom. The molecule has 0 amide bonds. The molecule has 0 unspecified atom stereocenters. The topological polar surface area (TPSA) is 101 Å². The van der Waals surface area contributed by atoms with E-state index < -0.39 is 20.6 Å². The van der Waals surface area contributed by atoms with Crippen LogP contribution in [-0.2, 0) is 10.0 Å². The number of hydrogen-bond acceptors (Lipinski definition) is 5. The fourth-order valence-corrected chi connectivity index (χ4v) is 3.50. The predicted molar refractivity (Wildman–Crippen MR) is 79.8 cm³/mol. The van der Waals surface area contributed by atoms with Crippen molar-refractivity contribution < 1.29 is 13.3 Å². The lowest BCUT2D eigenvalue weighted by molar-refractivity contribution is -0.387. The maximum atomic E-state index is 12.2. The van der Waals surface area contributed by atoms with Gasteiger partial charge < -0.3 is 5.32 Å². The van der Waals surface area contributed by atoms with Crippen LogP contribution in [0.4, 0.5) is 11.4 Å². The van der Waals surface area contributed by atoms with Crippen molar-refractivity contribution in [3.8, 4) is 0 Å². The molecule has 0 atom stereocenters. The average molecular weight is 313 g/mol. The molecule has 1 aliphatic carbocycles. The highest BCUT2D eigenvalue weighted by Gasteiger charge is 2.26. The van der Waals surface area contributed by atoms with Crippen molar-refractivity contribution >= 4 is 21.4 Å². The lowest BCUT2D eigenvalue weighted by atomic mass is 9.83. The van der Waals surface area contributed by atoms with Gasteiger partial charge in [-0.1, -0.05) is 19.3 Å². The summed E-state index contributed by atoms with van der Waals surface area (Å²) in [7, 11) is -2.24. The van der Waals surface area contributed by atoms with Crippen molar-refractivity contribution in [1.29, 1.82) is 0 Å². The van der Waals surface area contributed by atoms with Gasteiger partial charge in [0.05, 0.1) is 4.92 Å². The Hall–Kier alpha value is -1.67. The summed E-state index contributed by atoms with van der Waals surface area (Å²) in [5.74, 6) is 0.578. The van der Waals surface area contributed by atoms with Gasteiger partial charge in [-0.25, -0.2) is 13.1 Å². The van der Waals surface area contributed by atoms with Gasteiger partial charge in [0.1, 0.15) is 0 Å². The smallest absolute Gasteiger partial charge is 0.291 e. The molecule has 1 aromatic rings. The van der Waals surface area contributed by atoms with Gasteiger partial charge in [-0.05, 0) is 24.5 Å². The molecule has 21 heavy (non-hydrogen) atoms. The summed E-state index contributed by atoms with van der Waals surface area (Å²) in [6, 6.07) is 3.99. The van der Waals surface area contributed by atoms with Crippen LogP contribution in [0.25, 0.3) is 0 Å². The number of nitrogens with one attached hydrogen (secondary N) is 2. The molecule has 2 N–H and O–H groups in total. The van der Waals surface area contributed by atoms with Crippen molar-refractivity contribution in [3.05, 3.63) is 28.3 Å². The molecule has 0 bridgehead atoms. The standard InChI is InChI=1S/C13H19N3O4S/c1-14-11-5-6-13(12(9-11)16(17)18)21(19,20)15-8-7-10-3-2-4-10/h5-6,9-10,14-15H,2-4,7-8H2,1H3. The zero-order valence-corrected chi connectivity index (χ0v) is 12.6. The fraction of sp³-hybridized carbons (Fsp3) is 0.538. The summed E-state index contributed by atoms with van der Waals surface area (Å²) >= 11 is 0. The second-order valence-electron chi connectivity index (χ2n) is 5.17. The van der Waals surface area contributed by atoms with E-state index in [2.05, 4.69) is 10.0 Å². The highest BCUT2D eigenvalue weighted by Crippen LogP contribution is 2.30. The first kappa shape index (κ1) is 15.7. The van der Waals surface area contributed by atoms with E-state index in [-0.39, 0.29) is 4.90 Å². The molecule has 0 heterocycles. The summed E-state index contributed by atoms with van der Waals surface area (Å²) in [6.45, 7) is 0.317. The van der Waals surface area contributed by atoms with Crippen LogP contribution in [0.3, 0.4) is 0 Å². The third-order valence-electron chi connectivity index (χ3n) is 3.80. The van der Waals surface area contributed by atoms with Gasteiger partial charge in [0.25, 0.3) is 5.69 Å². The van der Waals surface area contributed by atoms with Gasteiger partial charge in [0.15, 0.2) is 4.90 Å². The van der Waals surface area contributed by atoms with Crippen molar-refractivity contribution in [2.24, 2.45) is 5.92 Å². The molecule has 116 valence electrons. The van der Waals surface area contributed by atoms with Gasteiger partial charge in [0.2, 0.25) is 10.0 Å². The van der Waals surface area contributed by atoms with Gasteiger partial charge in [-0.3, -0.25) is 10.1 Å². The first-order valence-corrected chi connectivity index (χ1v) is 8.38. The molecule has 2 rings (SSSR count). The third kappa shape index (κ3) is 3.70. The van der Waals surface area contributed by atoms with Crippen LogP contribution < -0.4 is 10.0 Å². The van der Waals surface area contributed by atoms with Crippen LogP contribution in [0.2, 0.25) is 0 Å². The van der Waals surface area contributed by atoms with E-state index >= 15 is 0 Å². The van der Waals surface area contributed by atoms with Crippen LogP contribution >= 0.6 is 0 Å². The quantitative estimate of drug-likeness (QED) is 0.593. The number of nitro benzene ring substituents is 1. The minimum Gasteiger partial charge on any atom is -0.388 e. The number of nitro groups is 1. The fourth-order valence-electron chi connectivity index (χ4n) is 2.30. The van der Waals surface area contributed by atoms with E-state index in [1.165, 1.54) is 24.6 Å². The maximum absolute atomic E-state index is 12.2. The van der Waals surface area contributed by atoms with Crippen molar-refractivity contribution in [3.63, 3.8) is 0 Å². The normalized spacial score (nSPS) is 15.5. The number of sulfonamides is 1. The van der Waals surface area contributed by atoms with Crippen LogP contribution in [0.5, 0.6) is 0 Å². The number of nitrogens with zero attached hydrogens (tertiary/aromatic N) is 1. The van der Waals surface area contributed by atoms with E-state index in [1.54, 1.807) is 7.05 Å². The highest BCUT2D eigenvalue weighted by atomic mass is 32.2. The number of rotatable bonds is 7. The van der Waals surface area contributed by atoms with E-state index in [1.807, 2.05) is 0 Å². The molecule has 8 heteroatoms. The van der Waals surface area contributed by atoms with Gasteiger partial charge in [0, 0.05) is 25.3 Å². The van der Waals surface area contributed by atoms with Gasteiger partial charge >= 0.3 is 0 Å². The molecule has 0 radical (unpaired) electrons. The van der Waals surface area contributed by atoms with E-state index in [9.17, 15) is 18.5 Å². The molecule has 0 spiro atoms. The Bertz CT molecular complexity index is 626. The second kappa shape index (κ2) is 6.40. The predicted octanol–water partition coefficient (Wildman–Crippen LogP) is 2.10. The first-order chi connectivity index (χ1) is 9.94. The van der Waals surface area contributed by atoms with Crippen molar-refractivity contribution in [2.45, 2.75) is 30.6 Å². The van der Waals surface area contributed by atoms with E-state index in [0.717, 1.165) is 19.3 Å². The first-order valence-electron chi connectivity index (χ1n) is 6.90. The Morgan fingerprint density at radius 1 is 1.38 bits per heavy atom. The van der Waals surface area contributed by atoms with Crippen LogP contribution in [0, 0.1) is 16.0 Å². The molecule has 0 aliphatic heterocycles. The largest absolute Gasteiger partial charge is 0.388 e. The molecule has 1 aliphatic rings. The van der Waals surface area contributed by atoms with Gasteiger partial charge in [-0.15, -0.1) is 0 Å². The number of anilines is 1. The Kier molecular flexibility index (Phi) is 4.79. The summed E-state index contributed by atoms with van der Waals surface area (Å²) < 4.78 is 26.9. The minimum atomic E-state index is -3.86. The van der Waals surface area contributed by atoms with Gasteiger partial charge in [-0.2, -0.15) is 0 Å². The highest BCUT2D eigenvalue weighted by molar-refractivity contribution is 7.89. The molecule has 1 aromatic carbocycles. The minimum absolute atomic E-state index is 0.292. The molecular formula is C13H19N3O4S. The molecule has 0 saturated heterocycles. The molecule has 7 nitrogen and oxygen atoms in total. The Morgan fingerprint density at radius 3 is 2.62 bits per heavy atom. The SMILES string of the molecule is CNc1ccc(S(=O)(=O)NCCC2CCC2)c([N+](=O)[O-])c1. The second-order valence-corrected chi connectivity index (χ2v) is 6.91. The summed E-state index contributed by atoms with van der Waals surface area (Å²) in [4.78, 5) is 10.1. The Balaban J connectivity index is 2.15. The summed E-state index contributed by atoms with van der Waals surface area (Å²) in [5.41, 5.74) is 0.0770. The van der Waals surface area contributed by atoms with Crippen LogP contribution in [0.1, 0.15) is 25.7 Å². The summed E-state index contributed by atoms with van der Waals surface area (Å²) in [6.07, 6.45) is 4.26. The number of hydrogen-bond donors (Lipinski definition) is 2. The lowest BCUT2D eigenvalue weighted by Gasteiger charge is -2.25. The monoisotopic (exact) mass is 313 g/mol. The Labute approximate surface area is 123 Å². The van der Waals surface area contributed by atoms with Crippen LogP contribution in [0.15, 0.2) is 23.1 Å². The summed E-state index contributed by atoms with van der Waals surface area (Å²) in [5, 5.41) is 13.8. The van der Waals surface area contributed by atoms with E-state index in [0.29, 0.717) is 18.2 Å². The van der Waals surface area contributed by atoms with Crippen molar-refractivity contribution in [1.82, 2.24) is 4.72 Å². The molecule has 0 aromatic heterocycles. The molecule has 1 fully saturated rings. The zero-order chi connectivity index (χ0) is 15.5. The van der Waals surface area contributed by atoms with Crippen molar-refractivity contribution in [2.75, 3.05) is 18.9 Å². The molecular weight excluding hydrogens is 294 g/mol. The lowest BCUT2D eigenvalue weighted by Crippen LogP contribution is -2.28. The third-order valence-corrected chi connectivity index (χ3v) is 5.31. The number of benzene rings is 1. The zero-order valence-electron chi connectivity index (χ0n) is 11.8. The van der Waals surface area contributed by atoms with E-state index in [4.69, 9.17) is 0 Å². The van der Waals surface area contributed by atoms with Crippen LogP contribution in [-0.4, -0.2) is 26.9 Å².